The molecule has 17 heavy (non-hydrogen) atoms. The van der Waals surface area contributed by atoms with Gasteiger partial charge in [0.25, 0.3) is 0 Å². The summed E-state index contributed by atoms with van der Waals surface area (Å²) in [4.78, 5) is 4.12. The maximum Gasteiger partial charge on any atom is 0.0347 e. The maximum atomic E-state index is 4.12. The van der Waals surface area contributed by atoms with Crippen molar-refractivity contribution in [2.45, 2.75) is 18.9 Å². The van der Waals surface area contributed by atoms with E-state index in [-0.39, 0.29) is 0 Å². The number of rotatable bonds is 2. The Labute approximate surface area is 102 Å². The fraction of sp³-hybridized carbons (Fsp3) is 0.267. The number of hydrogen-bond donors (Lipinski definition) is 1. The Bertz CT molecular complexity index is 487. The van der Waals surface area contributed by atoms with Crippen LogP contribution in [0.2, 0.25) is 0 Å². The lowest BCUT2D eigenvalue weighted by Gasteiger charge is -2.12. The molecule has 1 unspecified atom stereocenters. The summed E-state index contributed by atoms with van der Waals surface area (Å²) in [6.45, 7) is 1.13. The maximum absolute atomic E-state index is 4.12. The van der Waals surface area contributed by atoms with Crippen LogP contribution in [0.1, 0.15) is 24.4 Å². The molecule has 0 saturated carbocycles. The Morgan fingerprint density at radius 1 is 1.29 bits per heavy atom. The van der Waals surface area contributed by atoms with Crippen molar-refractivity contribution >= 4 is 0 Å². The van der Waals surface area contributed by atoms with E-state index in [9.17, 15) is 0 Å². The van der Waals surface area contributed by atoms with Crippen molar-refractivity contribution in [2.75, 3.05) is 6.54 Å². The van der Waals surface area contributed by atoms with Gasteiger partial charge in [0, 0.05) is 30.1 Å². The van der Waals surface area contributed by atoms with E-state index >= 15 is 0 Å². The molecule has 2 nitrogen and oxygen atoms in total. The van der Waals surface area contributed by atoms with Crippen LogP contribution in [-0.4, -0.2) is 11.5 Å². The van der Waals surface area contributed by atoms with Crippen LogP contribution in [0, 0.1) is 6.07 Å². The Morgan fingerprint density at radius 3 is 3.06 bits per heavy atom. The summed E-state index contributed by atoms with van der Waals surface area (Å²) in [7, 11) is 0. The van der Waals surface area contributed by atoms with Gasteiger partial charge in [-0.25, -0.2) is 0 Å². The van der Waals surface area contributed by atoms with E-state index in [1.807, 2.05) is 12.3 Å². The monoisotopic (exact) mass is 223 g/mol. The molecule has 2 heterocycles. The molecule has 0 spiro atoms. The van der Waals surface area contributed by atoms with Gasteiger partial charge in [0.1, 0.15) is 0 Å². The average molecular weight is 223 g/mol. The van der Waals surface area contributed by atoms with Crippen LogP contribution in [0.4, 0.5) is 0 Å². The van der Waals surface area contributed by atoms with Gasteiger partial charge in [-0.2, -0.15) is 0 Å². The smallest absolute Gasteiger partial charge is 0.0347 e. The zero-order chi connectivity index (χ0) is 11.5. The largest absolute Gasteiger partial charge is 0.310 e. The Balaban J connectivity index is 1.94. The average Bonchev–Trinajstić information content (AvgIpc) is 2.94. The molecule has 1 fully saturated rings. The summed E-state index contributed by atoms with van der Waals surface area (Å²) in [5.74, 6) is 0. The summed E-state index contributed by atoms with van der Waals surface area (Å²) in [6.07, 6.45) is 6.09. The lowest BCUT2D eigenvalue weighted by atomic mass is 10.00. The van der Waals surface area contributed by atoms with Crippen molar-refractivity contribution in [1.29, 1.82) is 0 Å². The van der Waals surface area contributed by atoms with Crippen LogP contribution in [0.15, 0.2) is 42.7 Å². The lowest BCUT2D eigenvalue weighted by molar-refractivity contribution is 0.648. The van der Waals surface area contributed by atoms with Crippen molar-refractivity contribution < 1.29 is 0 Å². The second-order valence-electron chi connectivity index (χ2n) is 4.45. The predicted octanol–water partition coefficient (Wildman–Crippen LogP) is 2.97. The van der Waals surface area contributed by atoms with Gasteiger partial charge >= 0.3 is 0 Å². The second kappa shape index (κ2) is 4.68. The molecular weight excluding hydrogens is 208 g/mol. The zero-order valence-corrected chi connectivity index (χ0v) is 9.69. The SMILES string of the molecule is [c]1cncc(-c2cccc(C3CCCN3)c2)c1. The quantitative estimate of drug-likeness (QED) is 0.846. The van der Waals surface area contributed by atoms with Gasteiger partial charge in [-0.05, 0) is 42.6 Å². The molecule has 1 aliphatic rings. The molecule has 1 aromatic carbocycles. The second-order valence-corrected chi connectivity index (χ2v) is 4.45. The third kappa shape index (κ3) is 2.22. The van der Waals surface area contributed by atoms with Crippen molar-refractivity contribution in [3.8, 4) is 11.1 Å². The summed E-state index contributed by atoms with van der Waals surface area (Å²) < 4.78 is 0. The molecule has 0 aliphatic carbocycles. The van der Waals surface area contributed by atoms with Gasteiger partial charge in [-0.15, -0.1) is 0 Å². The molecule has 85 valence electrons. The van der Waals surface area contributed by atoms with Crippen LogP contribution >= 0.6 is 0 Å². The van der Waals surface area contributed by atoms with Gasteiger partial charge in [0.2, 0.25) is 0 Å². The predicted molar refractivity (Wildman–Crippen MR) is 68.5 cm³/mol. The Morgan fingerprint density at radius 2 is 2.29 bits per heavy atom. The molecule has 1 saturated heterocycles. The first-order valence-electron chi connectivity index (χ1n) is 6.08. The summed E-state index contributed by atoms with van der Waals surface area (Å²) >= 11 is 0. The van der Waals surface area contributed by atoms with Crippen LogP contribution in [0.25, 0.3) is 11.1 Å². The van der Waals surface area contributed by atoms with Crippen molar-refractivity contribution in [2.24, 2.45) is 0 Å². The standard InChI is InChI=1S/C15H15N2/c1-4-12(14-6-2-8-16-11-14)10-13(5-1)15-7-3-9-17-15/h1,4-6,8,10-11,15,17H,3,7,9H2. The minimum Gasteiger partial charge on any atom is -0.310 e. The normalized spacial score (nSPS) is 19.4. The number of hydrogen-bond acceptors (Lipinski definition) is 2. The van der Waals surface area contributed by atoms with Crippen molar-refractivity contribution in [1.82, 2.24) is 10.3 Å². The van der Waals surface area contributed by atoms with E-state index in [4.69, 9.17) is 0 Å². The van der Waals surface area contributed by atoms with Crippen molar-refractivity contribution in [3.05, 3.63) is 54.4 Å². The van der Waals surface area contributed by atoms with Crippen LogP contribution in [-0.2, 0) is 0 Å². The number of pyridine rings is 1. The lowest BCUT2D eigenvalue weighted by Crippen LogP contribution is -2.12. The molecule has 2 heteroatoms. The zero-order valence-electron chi connectivity index (χ0n) is 9.69. The van der Waals surface area contributed by atoms with Gasteiger partial charge < -0.3 is 5.32 Å². The van der Waals surface area contributed by atoms with Gasteiger partial charge in [-0.1, -0.05) is 18.2 Å². The third-order valence-electron chi connectivity index (χ3n) is 3.28. The molecule has 1 atom stereocenters. The van der Waals surface area contributed by atoms with Gasteiger partial charge in [0.05, 0.1) is 0 Å². The molecule has 3 rings (SSSR count). The Hall–Kier alpha value is -1.67. The highest BCUT2D eigenvalue weighted by Crippen LogP contribution is 2.27. The summed E-state index contributed by atoms with van der Waals surface area (Å²) in [6, 6.07) is 14.2. The molecule has 1 aliphatic heterocycles. The van der Waals surface area contributed by atoms with Crippen LogP contribution in [0.3, 0.4) is 0 Å². The highest BCUT2D eigenvalue weighted by atomic mass is 14.9. The first-order chi connectivity index (χ1) is 8.43. The Kier molecular flexibility index (Phi) is 2.88. The van der Waals surface area contributed by atoms with Crippen molar-refractivity contribution in [3.63, 3.8) is 0 Å². The highest BCUT2D eigenvalue weighted by molar-refractivity contribution is 5.63. The minimum absolute atomic E-state index is 0.524. The van der Waals surface area contributed by atoms with E-state index in [1.54, 1.807) is 6.20 Å². The van der Waals surface area contributed by atoms with Crippen LogP contribution in [0.5, 0.6) is 0 Å². The topological polar surface area (TPSA) is 24.9 Å². The van der Waals surface area contributed by atoms with E-state index in [0.717, 1.165) is 12.1 Å². The fourth-order valence-electron chi connectivity index (χ4n) is 2.39. The first-order valence-corrected chi connectivity index (χ1v) is 6.08. The molecule has 1 radical (unpaired) electrons. The highest BCUT2D eigenvalue weighted by Gasteiger charge is 2.16. The van der Waals surface area contributed by atoms with E-state index in [2.05, 4.69) is 40.6 Å². The molecular formula is C15H15N2. The number of benzene rings is 1. The molecule has 0 amide bonds. The van der Waals surface area contributed by atoms with Crippen LogP contribution < -0.4 is 5.32 Å². The van der Waals surface area contributed by atoms with E-state index in [1.165, 1.54) is 24.0 Å². The molecule has 2 aromatic rings. The molecule has 0 bridgehead atoms. The number of aromatic nitrogens is 1. The number of nitrogens with one attached hydrogen (secondary N) is 1. The van der Waals surface area contributed by atoms with Gasteiger partial charge in [-0.3, -0.25) is 4.98 Å². The minimum atomic E-state index is 0.524. The molecule has 1 aromatic heterocycles. The number of nitrogens with zero attached hydrogens (tertiary/aromatic N) is 1. The first kappa shape index (κ1) is 10.5. The molecule has 1 N–H and O–H groups in total. The third-order valence-corrected chi connectivity index (χ3v) is 3.28. The van der Waals surface area contributed by atoms with E-state index < -0.39 is 0 Å². The summed E-state index contributed by atoms with van der Waals surface area (Å²) in [5, 5.41) is 3.53. The summed E-state index contributed by atoms with van der Waals surface area (Å²) in [5.41, 5.74) is 3.73. The van der Waals surface area contributed by atoms with Gasteiger partial charge in [0.15, 0.2) is 0 Å². The van der Waals surface area contributed by atoms with E-state index in [0.29, 0.717) is 6.04 Å². The fourth-order valence-corrected chi connectivity index (χ4v) is 2.39.